The fraction of sp³-hybridized carbons (Fsp3) is 0.0909. The number of aromatic nitrogens is 2. The number of nitrogens with zero attached hydrogens (tertiary/aromatic N) is 3. The van der Waals surface area contributed by atoms with Crippen LogP contribution in [0.25, 0.3) is 12.2 Å². The zero-order chi connectivity index (χ0) is 13.0. The molecule has 0 fully saturated rings. The lowest BCUT2D eigenvalue weighted by Gasteiger charge is -1.93. The fourth-order valence-corrected chi connectivity index (χ4v) is 1.55. The highest BCUT2D eigenvalue weighted by Gasteiger charge is 2.09. The van der Waals surface area contributed by atoms with Gasteiger partial charge in [-0.15, -0.1) is 16.9 Å². The number of nitro groups is 1. The van der Waals surface area contributed by atoms with Crippen molar-refractivity contribution in [2.45, 2.75) is 5.03 Å². The second kappa shape index (κ2) is 5.46. The summed E-state index contributed by atoms with van der Waals surface area (Å²) in [7, 11) is 0. The molecule has 0 aliphatic carbocycles. The Labute approximate surface area is 107 Å². The first kappa shape index (κ1) is 12.3. The molecule has 0 unspecified atom stereocenters. The van der Waals surface area contributed by atoms with E-state index in [-0.39, 0.29) is 5.88 Å². The van der Waals surface area contributed by atoms with E-state index in [1.54, 1.807) is 12.2 Å². The van der Waals surface area contributed by atoms with Crippen molar-refractivity contribution in [2.75, 3.05) is 6.26 Å². The van der Waals surface area contributed by atoms with Gasteiger partial charge in [0.25, 0.3) is 0 Å². The summed E-state index contributed by atoms with van der Waals surface area (Å²) in [4.78, 5) is 9.84. The smallest absolute Gasteiger partial charge is 0.401 e. The van der Waals surface area contributed by atoms with Crippen LogP contribution in [0.1, 0.15) is 11.5 Å². The largest absolute Gasteiger partial charge is 0.433 e. The highest BCUT2D eigenvalue weighted by atomic mass is 32.2. The Hall–Kier alpha value is -2.15. The molecule has 0 aromatic carbocycles. The van der Waals surface area contributed by atoms with Crippen molar-refractivity contribution in [3.63, 3.8) is 0 Å². The van der Waals surface area contributed by atoms with Crippen LogP contribution in [0.4, 0.5) is 5.88 Å². The van der Waals surface area contributed by atoms with Gasteiger partial charge in [-0.05, 0) is 36.6 Å². The molecular weight excluding hydrogens is 254 g/mol. The highest BCUT2D eigenvalue weighted by molar-refractivity contribution is 7.98. The van der Waals surface area contributed by atoms with Crippen LogP contribution in [0.5, 0.6) is 0 Å². The number of hydrogen-bond donors (Lipinski definition) is 0. The monoisotopic (exact) mass is 263 g/mol. The van der Waals surface area contributed by atoms with Crippen LogP contribution in [0, 0.1) is 10.1 Å². The molecule has 0 atom stereocenters. The average molecular weight is 263 g/mol. The van der Waals surface area contributed by atoms with Crippen molar-refractivity contribution in [1.82, 2.24) is 10.2 Å². The lowest BCUT2D eigenvalue weighted by molar-refractivity contribution is -0.402. The normalized spacial score (nSPS) is 10.9. The molecule has 0 spiro atoms. The maximum Gasteiger partial charge on any atom is 0.433 e. The second-order valence-electron chi connectivity index (χ2n) is 3.27. The van der Waals surface area contributed by atoms with Crippen LogP contribution in [0.2, 0.25) is 0 Å². The van der Waals surface area contributed by atoms with E-state index in [1.807, 2.05) is 18.4 Å². The van der Waals surface area contributed by atoms with E-state index in [1.165, 1.54) is 23.9 Å². The number of rotatable bonds is 4. The van der Waals surface area contributed by atoms with Crippen LogP contribution in [0.3, 0.4) is 0 Å². The lowest BCUT2D eigenvalue weighted by atomic mass is 10.3. The average Bonchev–Trinajstić information content (AvgIpc) is 2.86. The molecule has 0 radical (unpaired) electrons. The van der Waals surface area contributed by atoms with Gasteiger partial charge in [0.1, 0.15) is 15.7 Å². The first-order valence-corrected chi connectivity index (χ1v) is 6.21. The van der Waals surface area contributed by atoms with Gasteiger partial charge in [-0.1, -0.05) is 0 Å². The minimum atomic E-state index is -0.579. The van der Waals surface area contributed by atoms with Gasteiger partial charge in [0.2, 0.25) is 0 Å². The van der Waals surface area contributed by atoms with Crippen LogP contribution < -0.4 is 0 Å². The summed E-state index contributed by atoms with van der Waals surface area (Å²) in [5, 5.41) is 19.2. The Bertz CT molecular complexity index is 577. The van der Waals surface area contributed by atoms with E-state index in [2.05, 4.69) is 10.2 Å². The van der Waals surface area contributed by atoms with Gasteiger partial charge >= 0.3 is 5.88 Å². The molecule has 92 valence electrons. The summed E-state index contributed by atoms with van der Waals surface area (Å²) >= 11 is 1.51. The molecule has 7 heteroatoms. The van der Waals surface area contributed by atoms with Gasteiger partial charge in [-0.25, -0.2) is 0 Å². The quantitative estimate of drug-likeness (QED) is 0.479. The molecule has 0 saturated carbocycles. The van der Waals surface area contributed by atoms with Gasteiger partial charge < -0.3 is 4.42 Å². The summed E-state index contributed by atoms with van der Waals surface area (Å²) in [5.74, 6) is 0.121. The van der Waals surface area contributed by atoms with Crippen molar-refractivity contribution in [3.8, 4) is 0 Å². The van der Waals surface area contributed by atoms with Gasteiger partial charge in [0.15, 0.2) is 0 Å². The predicted octanol–water partition coefficient (Wildman–Crippen LogP) is 2.87. The molecule has 2 aromatic rings. The van der Waals surface area contributed by atoms with Gasteiger partial charge in [-0.2, -0.15) is 5.10 Å². The summed E-state index contributed by atoms with van der Waals surface area (Å²) in [6.07, 6.45) is 5.21. The summed E-state index contributed by atoms with van der Waals surface area (Å²) in [6.45, 7) is 0. The minimum absolute atomic E-state index is 0.279. The van der Waals surface area contributed by atoms with Crippen molar-refractivity contribution in [3.05, 3.63) is 45.8 Å². The Morgan fingerprint density at radius 2 is 2.11 bits per heavy atom. The molecule has 6 nitrogen and oxygen atoms in total. The van der Waals surface area contributed by atoms with E-state index >= 15 is 0 Å². The van der Waals surface area contributed by atoms with Crippen molar-refractivity contribution in [2.24, 2.45) is 0 Å². The number of thioether (sulfide) groups is 1. The summed E-state index contributed by atoms with van der Waals surface area (Å²) < 4.78 is 4.97. The van der Waals surface area contributed by atoms with E-state index < -0.39 is 4.92 Å². The molecular formula is C11H9N3O3S. The third kappa shape index (κ3) is 2.95. The third-order valence-corrected chi connectivity index (χ3v) is 2.72. The first-order chi connectivity index (χ1) is 8.69. The Balaban J connectivity index is 2.11. The van der Waals surface area contributed by atoms with Crippen LogP contribution >= 0.6 is 11.8 Å². The fourth-order valence-electron chi connectivity index (χ4n) is 1.23. The Morgan fingerprint density at radius 1 is 1.28 bits per heavy atom. The highest BCUT2D eigenvalue weighted by Crippen LogP contribution is 2.17. The van der Waals surface area contributed by atoms with Crippen LogP contribution in [-0.4, -0.2) is 21.4 Å². The predicted molar refractivity (Wildman–Crippen MR) is 68.1 cm³/mol. The van der Waals surface area contributed by atoms with E-state index in [0.717, 1.165) is 5.03 Å². The third-order valence-electron chi connectivity index (χ3n) is 2.08. The van der Waals surface area contributed by atoms with E-state index in [9.17, 15) is 10.1 Å². The Kier molecular flexibility index (Phi) is 3.73. The lowest BCUT2D eigenvalue weighted by Crippen LogP contribution is -1.86. The maximum absolute atomic E-state index is 10.4. The zero-order valence-electron chi connectivity index (χ0n) is 9.44. The topological polar surface area (TPSA) is 82.1 Å². The Morgan fingerprint density at radius 3 is 2.67 bits per heavy atom. The van der Waals surface area contributed by atoms with Crippen molar-refractivity contribution >= 4 is 29.8 Å². The molecule has 0 saturated heterocycles. The van der Waals surface area contributed by atoms with Crippen LogP contribution in [0.15, 0.2) is 33.7 Å². The number of furan rings is 1. The second-order valence-corrected chi connectivity index (χ2v) is 4.09. The van der Waals surface area contributed by atoms with Crippen LogP contribution in [-0.2, 0) is 0 Å². The van der Waals surface area contributed by atoms with E-state index in [0.29, 0.717) is 11.5 Å². The van der Waals surface area contributed by atoms with Crippen molar-refractivity contribution < 1.29 is 9.34 Å². The molecule has 18 heavy (non-hydrogen) atoms. The SMILES string of the molecule is CSc1ccc(C=Cc2ccc([N+](=O)[O-])o2)nn1. The molecule has 2 rings (SSSR count). The van der Waals surface area contributed by atoms with Gasteiger partial charge in [-0.3, -0.25) is 10.1 Å². The number of hydrogen-bond acceptors (Lipinski definition) is 6. The standard InChI is InChI=1S/C11H9N3O3S/c1-18-10-6-3-8(12-13-10)2-4-9-5-7-11(17-9)14(15)16/h2-7H,1H3. The first-order valence-electron chi connectivity index (χ1n) is 4.99. The zero-order valence-corrected chi connectivity index (χ0v) is 10.3. The van der Waals surface area contributed by atoms with E-state index in [4.69, 9.17) is 4.42 Å². The summed E-state index contributed by atoms with van der Waals surface area (Å²) in [6, 6.07) is 6.50. The maximum atomic E-state index is 10.4. The summed E-state index contributed by atoms with van der Waals surface area (Å²) in [5.41, 5.74) is 0.659. The molecule has 0 amide bonds. The molecule has 0 aliphatic rings. The molecule has 2 aromatic heterocycles. The molecule has 0 N–H and O–H groups in total. The molecule has 0 aliphatic heterocycles. The van der Waals surface area contributed by atoms with Crippen molar-refractivity contribution in [1.29, 1.82) is 0 Å². The van der Waals surface area contributed by atoms with Gasteiger partial charge in [0, 0.05) is 0 Å². The molecule has 2 heterocycles. The minimum Gasteiger partial charge on any atom is -0.401 e. The molecule has 0 bridgehead atoms. The van der Waals surface area contributed by atoms with Gasteiger partial charge in [0.05, 0.1) is 11.8 Å².